The molecule has 0 unspecified atom stereocenters. The van der Waals surface area contributed by atoms with Gasteiger partial charge in [-0.1, -0.05) is 40.0 Å². The van der Waals surface area contributed by atoms with Crippen LogP contribution in [0.4, 0.5) is 0 Å². The van der Waals surface area contributed by atoms with Gasteiger partial charge in [0.15, 0.2) is 0 Å². The molecule has 0 aliphatic rings. The van der Waals surface area contributed by atoms with Gasteiger partial charge in [-0.15, -0.1) is 0 Å². The number of hydrogen-bond acceptors (Lipinski definition) is 1. The first-order chi connectivity index (χ1) is 5.66. The van der Waals surface area contributed by atoms with Crippen LogP contribution in [0.5, 0.6) is 0 Å². The molecule has 0 fully saturated rings. The summed E-state index contributed by atoms with van der Waals surface area (Å²) in [5.74, 6) is 0.807. The van der Waals surface area contributed by atoms with E-state index in [9.17, 15) is 0 Å². The zero-order chi connectivity index (χ0) is 9.40. The van der Waals surface area contributed by atoms with Crippen LogP contribution in [0, 0.1) is 5.92 Å². The van der Waals surface area contributed by atoms with Crippen molar-refractivity contribution < 1.29 is 0 Å². The van der Waals surface area contributed by atoms with E-state index in [1.54, 1.807) is 0 Å². The predicted molar refractivity (Wildman–Crippen MR) is 56.5 cm³/mol. The van der Waals surface area contributed by atoms with Gasteiger partial charge < -0.3 is 4.90 Å². The summed E-state index contributed by atoms with van der Waals surface area (Å²) in [4.78, 5) is 2.44. The monoisotopic (exact) mass is 171 g/mol. The lowest BCUT2D eigenvalue weighted by Gasteiger charge is -2.18. The number of rotatable bonds is 7. The first-order valence-corrected chi connectivity index (χ1v) is 5.35. The molecule has 1 nitrogen and oxygen atoms in total. The van der Waals surface area contributed by atoms with Gasteiger partial charge in [0.2, 0.25) is 0 Å². The molecule has 0 saturated heterocycles. The molecule has 1 heteroatoms. The van der Waals surface area contributed by atoms with Crippen molar-refractivity contribution in [2.45, 2.75) is 46.5 Å². The molecule has 0 aromatic heterocycles. The van der Waals surface area contributed by atoms with Crippen molar-refractivity contribution in [2.75, 3.05) is 20.1 Å². The van der Waals surface area contributed by atoms with E-state index >= 15 is 0 Å². The smallest absolute Gasteiger partial charge is 0.000133 e. The van der Waals surface area contributed by atoms with Crippen molar-refractivity contribution in [2.24, 2.45) is 5.92 Å². The summed E-state index contributed by atoms with van der Waals surface area (Å²) in [5.41, 5.74) is 0. The molecule has 0 spiro atoms. The van der Waals surface area contributed by atoms with Crippen LogP contribution in [0.1, 0.15) is 46.5 Å². The van der Waals surface area contributed by atoms with E-state index in [0.717, 1.165) is 5.92 Å². The highest BCUT2D eigenvalue weighted by Crippen LogP contribution is 2.02. The Bertz CT molecular complexity index is 89.0. The van der Waals surface area contributed by atoms with E-state index in [1.165, 1.54) is 38.8 Å². The molecule has 12 heavy (non-hydrogen) atoms. The van der Waals surface area contributed by atoms with Crippen LogP contribution >= 0.6 is 0 Å². The van der Waals surface area contributed by atoms with Gasteiger partial charge >= 0.3 is 0 Å². The van der Waals surface area contributed by atoms with Crippen molar-refractivity contribution in [3.8, 4) is 0 Å². The summed E-state index contributed by atoms with van der Waals surface area (Å²) in [7, 11) is 2.23. The second-order valence-corrected chi connectivity index (χ2v) is 4.22. The summed E-state index contributed by atoms with van der Waals surface area (Å²) in [5, 5.41) is 0. The molecule has 0 aromatic rings. The first kappa shape index (κ1) is 12.0. The number of nitrogens with zero attached hydrogens (tertiary/aromatic N) is 1. The summed E-state index contributed by atoms with van der Waals surface area (Å²) >= 11 is 0. The van der Waals surface area contributed by atoms with Gasteiger partial charge in [0, 0.05) is 6.54 Å². The molecule has 0 amide bonds. The summed E-state index contributed by atoms with van der Waals surface area (Å²) in [6.07, 6.45) is 5.51. The molecule has 0 atom stereocenters. The van der Waals surface area contributed by atoms with Gasteiger partial charge in [-0.05, 0) is 25.9 Å². The molecule has 0 rings (SSSR count). The lowest BCUT2D eigenvalue weighted by molar-refractivity contribution is 0.288. The van der Waals surface area contributed by atoms with Crippen LogP contribution in [0.3, 0.4) is 0 Å². The second-order valence-electron chi connectivity index (χ2n) is 4.22. The Balaban J connectivity index is 3.14. The fraction of sp³-hybridized carbons (Fsp3) is 1.00. The molecule has 0 aromatic carbocycles. The van der Waals surface area contributed by atoms with Gasteiger partial charge in [0.1, 0.15) is 0 Å². The third kappa shape index (κ3) is 8.06. The van der Waals surface area contributed by atoms with Crippen molar-refractivity contribution >= 4 is 0 Å². The topological polar surface area (TPSA) is 3.24 Å². The van der Waals surface area contributed by atoms with Crippen LogP contribution in [0.25, 0.3) is 0 Å². The molecule has 0 aliphatic heterocycles. The SMILES string of the molecule is CCCCCCN(C)CC(C)C. The third-order valence-electron chi connectivity index (χ3n) is 2.07. The van der Waals surface area contributed by atoms with Crippen LogP contribution in [-0.2, 0) is 0 Å². The average molecular weight is 171 g/mol. The number of hydrogen-bond donors (Lipinski definition) is 0. The quantitative estimate of drug-likeness (QED) is 0.532. The van der Waals surface area contributed by atoms with Gasteiger partial charge in [0.05, 0.1) is 0 Å². The van der Waals surface area contributed by atoms with E-state index in [-0.39, 0.29) is 0 Å². The zero-order valence-electron chi connectivity index (χ0n) is 9.27. The van der Waals surface area contributed by atoms with Gasteiger partial charge in [0.25, 0.3) is 0 Å². The standard InChI is InChI=1S/C11H25N/c1-5-6-7-8-9-12(4)10-11(2)3/h11H,5-10H2,1-4H3. The van der Waals surface area contributed by atoms with E-state index in [1.807, 2.05) is 0 Å². The van der Waals surface area contributed by atoms with Crippen LogP contribution in [-0.4, -0.2) is 25.0 Å². The molecule has 74 valence electrons. The minimum atomic E-state index is 0.807. The van der Waals surface area contributed by atoms with Crippen molar-refractivity contribution in [1.82, 2.24) is 4.90 Å². The minimum absolute atomic E-state index is 0.807. The van der Waals surface area contributed by atoms with Gasteiger partial charge in [-0.25, -0.2) is 0 Å². The van der Waals surface area contributed by atoms with Crippen LogP contribution in [0.2, 0.25) is 0 Å². The lowest BCUT2D eigenvalue weighted by Crippen LogP contribution is -2.24. The van der Waals surface area contributed by atoms with Gasteiger partial charge in [-0.2, -0.15) is 0 Å². The predicted octanol–water partition coefficient (Wildman–Crippen LogP) is 3.15. The summed E-state index contributed by atoms with van der Waals surface area (Å²) < 4.78 is 0. The van der Waals surface area contributed by atoms with Crippen molar-refractivity contribution in [1.29, 1.82) is 0 Å². The van der Waals surface area contributed by atoms with E-state index < -0.39 is 0 Å². The fourth-order valence-electron chi connectivity index (χ4n) is 1.52. The Morgan fingerprint density at radius 1 is 1.08 bits per heavy atom. The highest BCUT2D eigenvalue weighted by atomic mass is 15.1. The Morgan fingerprint density at radius 2 is 1.75 bits per heavy atom. The molecule has 0 N–H and O–H groups in total. The Morgan fingerprint density at radius 3 is 2.25 bits per heavy atom. The minimum Gasteiger partial charge on any atom is -0.306 e. The van der Waals surface area contributed by atoms with E-state index in [4.69, 9.17) is 0 Å². The normalized spacial score (nSPS) is 11.5. The zero-order valence-corrected chi connectivity index (χ0v) is 9.27. The van der Waals surface area contributed by atoms with E-state index in [2.05, 4.69) is 32.7 Å². The second kappa shape index (κ2) is 7.60. The van der Waals surface area contributed by atoms with E-state index in [0.29, 0.717) is 0 Å². The molecular weight excluding hydrogens is 146 g/mol. The maximum absolute atomic E-state index is 2.44. The molecule has 0 radical (unpaired) electrons. The van der Waals surface area contributed by atoms with Crippen LogP contribution < -0.4 is 0 Å². The fourth-order valence-corrected chi connectivity index (χ4v) is 1.52. The van der Waals surface area contributed by atoms with Crippen LogP contribution in [0.15, 0.2) is 0 Å². The lowest BCUT2D eigenvalue weighted by atomic mass is 10.2. The molecule has 0 bridgehead atoms. The highest BCUT2D eigenvalue weighted by molar-refractivity contribution is 4.54. The molecule has 0 saturated carbocycles. The average Bonchev–Trinajstić information content (AvgIpc) is 1.97. The third-order valence-corrected chi connectivity index (χ3v) is 2.07. The Hall–Kier alpha value is -0.0400. The highest BCUT2D eigenvalue weighted by Gasteiger charge is 2.00. The molecule has 0 aliphatic carbocycles. The van der Waals surface area contributed by atoms with Gasteiger partial charge in [-0.3, -0.25) is 0 Å². The maximum Gasteiger partial charge on any atom is 0.000133 e. The van der Waals surface area contributed by atoms with Crippen molar-refractivity contribution in [3.05, 3.63) is 0 Å². The Labute approximate surface area is 78.1 Å². The Kier molecular flexibility index (Phi) is 7.58. The summed E-state index contributed by atoms with van der Waals surface area (Å²) in [6, 6.07) is 0. The largest absolute Gasteiger partial charge is 0.306 e. The molecular formula is C11H25N. The summed E-state index contributed by atoms with van der Waals surface area (Å²) in [6.45, 7) is 9.34. The number of unbranched alkanes of at least 4 members (excludes halogenated alkanes) is 3. The maximum atomic E-state index is 2.44. The first-order valence-electron chi connectivity index (χ1n) is 5.35. The molecule has 0 heterocycles. The van der Waals surface area contributed by atoms with Crippen molar-refractivity contribution in [3.63, 3.8) is 0 Å².